The number of nitrogen functional groups attached to an aromatic ring is 1. The highest BCUT2D eigenvalue weighted by Gasteiger charge is 2.18. The second-order valence-corrected chi connectivity index (χ2v) is 5.23. The number of nitrogens with two attached hydrogens (primary N) is 1. The minimum Gasteiger partial charge on any atom is -0.449 e. The lowest BCUT2D eigenvalue weighted by molar-refractivity contribution is 0.0987. The van der Waals surface area contributed by atoms with E-state index in [1.54, 1.807) is 6.07 Å². The fourth-order valence-electron chi connectivity index (χ4n) is 1.54. The summed E-state index contributed by atoms with van der Waals surface area (Å²) in [4.78, 5) is 11.8. The van der Waals surface area contributed by atoms with Gasteiger partial charge in [0, 0.05) is 50.6 Å². The number of ketones is 1. The molecule has 0 unspecified atom stereocenters. The second kappa shape index (κ2) is 4.37. The number of hydrogen-bond donors (Lipinski definition) is 1. The fraction of sp³-hybridized carbons (Fsp3) is 0.182. The SMILES string of the molecule is CCC(=O)c1c(I)oc2cc(N)c(Br)cc12. The van der Waals surface area contributed by atoms with E-state index in [-0.39, 0.29) is 5.78 Å². The molecule has 5 heteroatoms. The van der Waals surface area contributed by atoms with E-state index in [9.17, 15) is 4.79 Å². The molecule has 84 valence electrons. The summed E-state index contributed by atoms with van der Waals surface area (Å²) in [5, 5.41) is 0.817. The first kappa shape index (κ1) is 11.9. The van der Waals surface area contributed by atoms with Gasteiger partial charge in [-0.1, -0.05) is 6.92 Å². The van der Waals surface area contributed by atoms with E-state index in [0.29, 0.717) is 27.0 Å². The molecule has 1 heterocycles. The third-order valence-corrected chi connectivity index (χ3v) is 3.81. The Morgan fingerprint density at radius 3 is 2.88 bits per heavy atom. The van der Waals surface area contributed by atoms with Crippen LogP contribution in [0.15, 0.2) is 21.0 Å². The van der Waals surface area contributed by atoms with Gasteiger partial charge >= 0.3 is 0 Å². The minimum absolute atomic E-state index is 0.0832. The molecule has 1 aromatic heterocycles. The number of rotatable bonds is 2. The molecule has 1 aromatic carbocycles. The van der Waals surface area contributed by atoms with Crippen molar-refractivity contribution in [3.8, 4) is 0 Å². The third-order valence-electron chi connectivity index (χ3n) is 2.36. The predicted molar refractivity (Wildman–Crippen MR) is 75.7 cm³/mol. The predicted octanol–water partition coefficient (Wildman–Crippen LogP) is 3.97. The molecule has 0 aliphatic rings. The Morgan fingerprint density at radius 1 is 1.56 bits per heavy atom. The van der Waals surface area contributed by atoms with Crippen LogP contribution in [0.4, 0.5) is 5.69 Å². The van der Waals surface area contributed by atoms with Gasteiger partial charge in [-0.05, 0) is 22.0 Å². The van der Waals surface area contributed by atoms with E-state index in [2.05, 4.69) is 15.9 Å². The normalized spacial score (nSPS) is 10.9. The summed E-state index contributed by atoms with van der Waals surface area (Å²) in [5.41, 5.74) is 7.67. The number of carbonyl (C=O) groups is 1. The first-order valence-corrected chi connectivity index (χ1v) is 6.62. The Bertz CT molecular complexity index is 577. The van der Waals surface area contributed by atoms with Crippen LogP contribution < -0.4 is 5.73 Å². The monoisotopic (exact) mass is 393 g/mol. The fourth-order valence-corrected chi connectivity index (χ4v) is 2.71. The molecular weight excluding hydrogens is 385 g/mol. The molecule has 0 saturated carbocycles. The van der Waals surface area contributed by atoms with Crippen molar-refractivity contribution in [1.82, 2.24) is 0 Å². The molecule has 0 saturated heterocycles. The number of benzene rings is 1. The van der Waals surface area contributed by atoms with Crippen LogP contribution in [0.2, 0.25) is 0 Å². The molecule has 0 spiro atoms. The lowest BCUT2D eigenvalue weighted by Crippen LogP contribution is -1.97. The lowest BCUT2D eigenvalue weighted by Gasteiger charge is -1.98. The molecule has 0 aliphatic carbocycles. The van der Waals surface area contributed by atoms with E-state index in [0.717, 1.165) is 9.86 Å². The topological polar surface area (TPSA) is 56.2 Å². The molecule has 0 aliphatic heterocycles. The number of carbonyl (C=O) groups excluding carboxylic acids is 1. The number of hydrogen-bond acceptors (Lipinski definition) is 3. The highest BCUT2D eigenvalue weighted by atomic mass is 127. The van der Waals surface area contributed by atoms with Crippen molar-refractivity contribution in [2.24, 2.45) is 0 Å². The highest BCUT2D eigenvalue weighted by molar-refractivity contribution is 14.1. The van der Waals surface area contributed by atoms with Crippen LogP contribution in [0, 0.1) is 3.77 Å². The van der Waals surface area contributed by atoms with Gasteiger partial charge in [0.15, 0.2) is 9.55 Å². The summed E-state index contributed by atoms with van der Waals surface area (Å²) in [5.74, 6) is 0.0832. The molecule has 0 atom stereocenters. The average Bonchev–Trinajstić information content (AvgIpc) is 2.54. The number of fused-ring (bicyclic) bond motifs is 1. The molecule has 0 radical (unpaired) electrons. The van der Waals surface area contributed by atoms with Gasteiger partial charge in [-0.15, -0.1) is 0 Å². The lowest BCUT2D eigenvalue weighted by atomic mass is 10.1. The van der Waals surface area contributed by atoms with Gasteiger partial charge in [-0.3, -0.25) is 4.79 Å². The van der Waals surface area contributed by atoms with Gasteiger partial charge in [0.2, 0.25) is 0 Å². The van der Waals surface area contributed by atoms with Gasteiger partial charge in [0.05, 0.1) is 5.56 Å². The molecule has 0 amide bonds. The van der Waals surface area contributed by atoms with E-state index in [1.807, 2.05) is 35.6 Å². The van der Waals surface area contributed by atoms with Crippen LogP contribution in [-0.4, -0.2) is 5.78 Å². The molecule has 0 bridgehead atoms. The zero-order chi connectivity index (χ0) is 11.9. The van der Waals surface area contributed by atoms with Crippen molar-refractivity contribution in [3.63, 3.8) is 0 Å². The van der Waals surface area contributed by atoms with Gasteiger partial charge in [0.25, 0.3) is 0 Å². The first-order chi connectivity index (χ1) is 7.54. The van der Waals surface area contributed by atoms with E-state index < -0.39 is 0 Å². The van der Waals surface area contributed by atoms with E-state index >= 15 is 0 Å². The Balaban J connectivity index is 2.79. The van der Waals surface area contributed by atoms with Crippen LogP contribution in [0.3, 0.4) is 0 Å². The summed E-state index contributed by atoms with van der Waals surface area (Å²) in [6.45, 7) is 1.84. The molecule has 2 aromatic rings. The minimum atomic E-state index is 0.0832. The summed E-state index contributed by atoms with van der Waals surface area (Å²) >= 11 is 5.38. The molecule has 0 fully saturated rings. The third kappa shape index (κ3) is 1.86. The van der Waals surface area contributed by atoms with Crippen molar-refractivity contribution in [2.75, 3.05) is 5.73 Å². The standard InChI is InChI=1S/C11H9BrINO2/c1-2-8(15)10-5-3-6(12)7(14)4-9(5)16-11(10)13/h3-4H,2,14H2,1H3. The maximum atomic E-state index is 11.8. The Hall–Kier alpha value is -0.560. The van der Waals surface area contributed by atoms with Crippen LogP contribution >= 0.6 is 38.5 Å². The number of anilines is 1. The zero-order valence-corrected chi connectivity index (χ0v) is 12.3. The molecule has 2 rings (SSSR count). The van der Waals surface area contributed by atoms with Crippen LogP contribution in [0.1, 0.15) is 23.7 Å². The van der Waals surface area contributed by atoms with E-state index in [1.165, 1.54) is 0 Å². The molecular formula is C11H9BrINO2. The van der Waals surface area contributed by atoms with E-state index in [4.69, 9.17) is 10.2 Å². The summed E-state index contributed by atoms with van der Waals surface area (Å²) < 4.78 is 6.92. The Labute approximate surface area is 115 Å². The van der Waals surface area contributed by atoms with Crippen molar-refractivity contribution >= 4 is 61.0 Å². The maximum absolute atomic E-state index is 11.8. The molecule has 16 heavy (non-hydrogen) atoms. The highest BCUT2D eigenvalue weighted by Crippen LogP contribution is 2.33. The Kier molecular flexibility index (Phi) is 3.25. The summed E-state index contributed by atoms with van der Waals surface area (Å²) in [6, 6.07) is 3.56. The molecule has 3 nitrogen and oxygen atoms in total. The number of furan rings is 1. The number of Topliss-reactive ketones (excluding diaryl/α,β-unsaturated/α-hetero) is 1. The van der Waals surface area contributed by atoms with Crippen LogP contribution in [-0.2, 0) is 0 Å². The largest absolute Gasteiger partial charge is 0.449 e. The number of halogens is 2. The van der Waals surface area contributed by atoms with Gasteiger partial charge < -0.3 is 10.2 Å². The van der Waals surface area contributed by atoms with Crippen molar-refractivity contribution < 1.29 is 9.21 Å². The smallest absolute Gasteiger partial charge is 0.175 e. The average molecular weight is 394 g/mol. The Morgan fingerprint density at radius 2 is 2.25 bits per heavy atom. The summed E-state index contributed by atoms with van der Waals surface area (Å²) in [7, 11) is 0. The van der Waals surface area contributed by atoms with Gasteiger partial charge in [0.1, 0.15) is 5.58 Å². The second-order valence-electron chi connectivity index (χ2n) is 3.40. The maximum Gasteiger partial charge on any atom is 0.175 e. The summed E-state index contributed by atoms with van der Waals surface area (Å²) in [6.07, 6.45) is 0.465. The quantitative estimate of drug-likeness (QED) is 0.477. The van der Waals surface area contributed by atoms with Crippen LogP contribution in [0.25, 0.3) is 11.0 Å². The van der Waals surface area contributed by atoms with Gasteiger partial charge in [-0.2, -0.15) is 0 Å². The van der Waals surface area contributed by atoms with Crippen LogP contribution in [0.5, 0.6) is 0 Å². The van der Waals surface area contributed by atoms with Crippen molar-refractivity contribution in [3.05, 3.63) is 25.9 Å². The van der Waals surface area contributed by atoms with Crippen molar-refractivity contribution in [1.29, 1.82) is 0 Å². The zero-order valence-electron chi connectivity index (χ0n) is 8.51. The molecule has 2 N–H and O–H groups in total. The van der Waals surface area contributed by atoms with Crippen molar-refractivity contribution in [2.45, 2.75) is 13.3 Å². The first-order valence-electron chi connectivity index (χ1n) is 4.74. The van der Waals surface area contributed by atoms with Gasteiger partial charge in [-0.25, -0.2) is 0 Å².